The number of hydrogen-bond acceptors (Lipinski definition) is 3. The number of aryl methyl sites for hydroxylation is 3. The van der Waals surface area contributed by atoms with Crippen LogP contribution in [-0.2, 0) is 24.1 Å². The maximum absolute atomic E-state index is 11.7. The normalized spacial score (nSPS) is 15.6. The SMILES string of the molecule is O=C(O)C(CCCCc1ccccc1)CC(O)c1ccc2c3c(oc2c1)CCCC3. The second-order valence-electron chi connectivity index (χ2n) is 8.48. The third kappa shape index (κ3) is 4.76. The van der Waals surface area contributed by atoms with Crippen molar-refractivity contribution in [3.8, 4) is 0 Å². The molecular formula is C26H30O4. The smallest absolute Gasteiger partial charge is 0.306 e. The van der Waals surface area contributed by atoms with Crippen LogP contribution in [0.3, 0.4) is 0 Å². The molecule has 0 fully saturated rings. The fourth-order valence-corrected chi connectivity index (χ4v) is 4.60. The first-order valence-corrected chi connectivity index (χ1v) is 11.1. The van der Waals surface area contributed by atoms with E-state index in [4.69, 9.17) is 4.42 Å². The number of carboxylic acid groups (broad SMARTS) is 1. The monoisotopic (exact) mass is 406 g/mol. The van der Waals surface area contributed by atoms with Gasteiger partial charge in [-0.3, -0.25) is 4.79 Å². The summed E-state index contributed by atoms with van der Waals surface area (Å²) in [5, 5.41) is 21.5. The molecule has 4 rings (SSSR count). The molecule has 158 valence electrons. The summed E-state index contributed by atoms with van der Waals surface area (Å²) < 4.78 is 6.03. The first-order valence-electron chi connectivity index (χ1n) is 11.1. The summed E-state index contributed by atoms with van der Waals surface area (Å²) in [6.07, 6.45) is 7.13. The Morgan fingerprint density at radius 1 is 1.03 bits per heavy atom. The molecular weight excluding hydrogens is 376 g/mol. The lowest BCUT2D eigenvalue weighted by Gasteiger charge is -2.17. The van der Waals surface area contributed by atoms with Crippen molar-refractivity contribution in [1.82, 2.24) is 0 Å². The Morgan fingerprint density at radius 2 is 1.83 bits per heavy atom. The molecule has 0 aliphatic heterocycles. The zero-order valence-electron chi connectivity index (χ0n) is 17.3. The summed E-state index contributed by atoms with van der Waals surface area (Å²) in [4.78, 5) is 11.7. The number of carboxylic acids is 1. The zero-order chi connectivity index (χ0) is 20.9. The van der Waals surface area contributed by atoms with Gasteiger partial charge in [-0.25, -0.2) is 0 Å². The van der Waals surface area contributed by atoms with E-state index in [1.54, 1.807) is 0 Å². The summed E-state index contributed by atoms with van der Waals surface area (Å²) in [5.41, 5.74) is 4.13. The molecule has 1 aromatic heterocycles. The fourth-order valence-electron chi connectivity index (χ4n) is 4.60. The van der Waals surface area contributed by atoms with Gasteiger partial charge < -0.3 is 14.6 Å². The predicted octanol–water partition coefficient (Wildman–Crippen LogP) is 5.85. The van der Waals surface area contributed by atoms with Crippen LogP contribution >= 0.6 is 0 Å². The van der Waals surface area contributed by atoms with Crippen molar-refractivity contribution in [3.05, 3.63) is 71.0 Å². The fraction of sp³-hybridized carbons (Fsp3) is 0.423. The number of benzene rings is 2. The first-order chi connectivity index (χ1) is 14.6. The van der Waals surface area contributed by atoms with Crippen molar-refractivity contribution < 1.29 is 19.4 Å². The van der Waals surface area contributed by atoms with E-state index in [0.29, 0.717) is 6.42 Å². The molecule has 0 radical (unpaired) electrons. The van der Waals surface area contributed by atoms with Crippen LogP contribution in [0.2, 0.25) is 0 Å². The van der Waals surface area contributed by atoms with Crippen molar-refractivity contribution in [1.29, 1.82) is 0 Å². The third-order valence-corrected chi connectivity index (χ3v) is 6.33. The average Bonchev–Trinajstić information content (AvgIpc) is 3.14. The molecule has 30 heavy (non-hydrogen) atoms. The molecule has 0 saturated heterocycles. The lowest BCUT2D eigenvalue weighted by molar-refractivity contribution is -0.143. The van der Waals surface area contributed by atoms with Crippen LogP contribution in [-0.4, -0.2) is 16.2 Å². The highest BCUT2D eigenvalue weighted by atomic mass is 16.4. The second kappa shape index (κ2) is 9.48. The highest BCUT2D eigenvalue weighted by molar-refractivity contribution is 5.83. The Morgan fingerprint density at radius 3 is 2.63 bits per heavy atom. The number of aliphatic hydroxyl groups excluding tert-OH is 1. The van der Waals surface area contributed by atoms with E-state index in [1.165, 1.54) is 17.5 Å². The molecule has 4 nitrogen and oxygen atoms in total. The van der Waals surface area contributed by atoms with Gasteiger partial charge in [0.2, 0.25) is 0 Å². The number of furan rings is 1. The number of aliphatic hydroxyl groups is 1. The van der Waals surface area contributed by atoms with Gasteiger partial charge in [0.25, 0.3) is 0 Å². The maximum Gasteiger partial charge on any atom is 0.306 e. The minimum atomic E-state index is -0.830. The molecule has 2 N–H and O–H groups in total. The van der Waals surface area contributed by atoms with Gasteiger partial charge in [0, 0.05) is 17.4 Å². The van der Waals surface area contributed by atoms with Crippen molar-refractivity contribution in [3.63, 3.8) is 0 Å². The number of carbonyl (C=O) groups is 1. The van der Waals surface area contributed by atoms with Crippen molar-refractivity contribution in [2.24, 2.45) is 5.92 Å². The third-order valence-electron chi connectivity index (χ3n) is 6.33. The molecule has 1 heterocycles. The number of aliphatic carboxylic acids is 1. The highest BCUT2D eigenvalue weighted by Gasteiger charge is 2.23. The van der Waals surface area contributed by atoms with E-state index in [2.05, 4.69) is 12.1 Å². The van der Waals surface area contributed by atoms with Gasteiger partial charge in [0.1, 0.15) is 11.3 Å². The Balaban J connectivity index is 1.36. The zero-order valence-corrected chi connectivity index (χ0v) is 17.3. The van der Waals surface area contributed by atoms with Crippen LogP contribution in [0.4, 0.5) is 0 Å². The molecule has 2 aromatic carbocycles. The number of rotatable bonds is 9. The van der Waals surface area contributed by atoms with E-state index in [0.717, 1.165) is 60.8 Å². The lowest BCUT2D eigenvalue weighted by Crippen LogP contribution is -2.17. The topological polar surface area (TPSA) is 70.7 Å². The summed E-state index contributed by atoms with van der Waals surface area (Å²) in [5.74, 6) is -0.302. The minimum absolute atomic E-state index is 0.229. The number of unbranched alkanes of at least 4 members (excludes halogenated alkanes) is 1. The van der Waals surface area contributed by atoms with Gasteiger partial charge in [-0.2, -0.15) is 0 Å². The molecule has 2 unspecified atom stereocenters. The average molecular weight is 407 g/mol. The molecule has 1 aliphatic carbocycles. The van der Waals surface area contributed by atoms with Gasteiger partial charge in [0.15, 0.2) is 0 Å². The van der Waals surface area contributed by atoms with E-state index in [-0.39, 0.29) is 6.42 Å². The summed E-state index contributed by atoms with van der Waals surface area (Å²) in [6.45, 7) is 0. The summed E-state index contributed by atoms with van der Waals surface area (Å²) in [7, 11) is 0. The van der Waals surface area contributed by atoms with Gasteiger partial charge in [-0.15, -0.1) is 0 Å². The van der Waals surface area contributed by atoms with E-state index in [1.807, 2.05) is 36.4 Å². The quantitative estimate of drug-likeness (QED) is 0.437. The van der Waals surface area contributed by atoms with Crippen LogP contribution in [0, 0.1) is 5.92 Å². The second-order valence-corrected chi connectivity index (χ2v) is 8.48. The van der Waals surface area contributed by atoms with Crippen LogP contribution in [0.1, 0.15) is 67.1 Å². The molecule has 2 atom stereocenters. The van der Waals surface area contributed by atoms with Crippen LogP contribution in [0.15, 0.2) is 52.9 Å². The van der Waals surface area contributed by atoms with Crippen LogP contribution < -0.4 is 0 Å². The molecule has 3 aromatic rings. The van der Waals surface area contributed by atoms with Crippen molar-refractivity contribution in [2.45, 2.75) is 63.9 Å². The predicted molar refractivity (Wildman–Crippen MR) is 118 cm³/mol. The Hall–Kier alpha value is -2.59. The molecule has 1 aliphatic rings. The molecule has 0 bridgehead atoms. The van der Waals surface area contributed by atoms with Crippen LogP contribution in [0.5, 0.6) is 0 Å². The Bertz CT molecular complexity index is 989. The van der Waals surface area contributed by atoms with Gasteiger partial charge in [-0.1, -0.05) is 48.9 Å². The van der Waals surface area contributed by atoms with Crippen molar-refractivity contribution in [2.75, 3.05) is 0 Å². The largest absolute Gasteiger partial charge is 0.481 e. The van der Waals surface area contributed by atoms with Crippen LogP contribution in [0.25, 0.3) is 11.0 Å². The molecule has 0 amide bonds. The van der Waals surface area contributed by atoms with E-state index < -0.39 is 18.0 Å². The lowest BCUT2D eigenvalue weighted by atomic mass is 9.91. The molecule has 0 spiro atoms. The van der Waals surface area contributed by atoms with E-state index >= 15 is 0 Å². The van der Waals surface area contributed by atoms with E-state index in [9.17, 15) is 15.0 Å². The first kappa shape index (κ1) is 20.7. The van der Waals surface area contributed by atoms with Gasteiger partial charge in [-0.05, 0) is 62.1 Å². The Labute approximate surface area is 177 Å². The number of hydrogen-bond donors (Lipinski definition) is 2. The summed E-state index contributed by atoms with van der Waals surface area (Å²) >= 11 is 0. The Kier molecular flexibility index (Phi) is 6.53. The van der Waals surface area contributed by atoms with Gasteiger partial charge in [0.05, 0.1) is 12.0 Å². The van der Waals surface area contributed by atoms with Gasteiger partial charge >= 0.3 is 5.97 Å². The highest BCUT2D eigenvalue weighted by Crippen LogP contribution is 2.34. The summed E-state index contributed by atoms with van der Waals surface area (Å²) in [6, 6.07) is 16.1. The molecule has 0 saturated carbocycles. The van der Waals surface area contributed by atoms with Crippen molar-refractivity contribution >= 4 is 16.9 Å². The minimum Gasteiger partial charge on any atom is -0.481 e. The standard InChI is InChI=1S/C26H30O4/c27-23(16-20(26(28)29)11-5-4-10-18-8-2-1-3-9-18)19-14-15-22-21-12-6-7-13-24(21)30-25(22)17-19/h1-3,8-9,14-15,17,20,23,27H,4-7,10-13,16H2,(H,28,29). The number of fused-ring (bicyclic) bond motifs is 3. The molecule has 4 heteroatoms. The maximum atomic E-state index is 11.7.